The summed E-state index contributed by atoms with van der Waals surface area (Å²) in [6, 6.07) is 1.54. The van der Waals surface area contributed by atoms with E-state index in [9.17, 15) is 20.1 Å². The Hall–Kier alpha value is -1.94. The molecule has 6 N–H and O–H groups in total. The largest absolute Gasteiger partial charge is 0.396 e. The molecule has 1 aliphatic rings. The Labute approximate surface area is 125 Å². The van der Waals surface area contributed by atoms with Crippen LogP contribution in [0.1, 0.15) is 13.2 Å². The second kappa shape index (κ2) is 5.06. The number of hydrogen-bond donors (Lipinski definition) is 5. The van der Waals surface area contributed by atoms with E-state index in [1.807, 2.05) is 0 Å². The van der Waals surface area contributed by atoms with Crippen LogP contribution in [0, 0.1) is 5.92 Å². The Morgan fingerprint density at radius 3 is 2.82 bits per heavy atom. The van der Waals surface area contributed by atoms with Crippen LogP contribution in [0.2, 0.25) is 0 Å². The van der Waals surface area contributed by atoms with E-state index in [4.69, 9.17) is 10.5 Å². The highest BCUT2D eigenvalue weighted by Gasteiger charge is 2.53. The zero-order valence-corrected chi connectivity index (χ0v) is 11.9. The fourth-order valence-corrected chi connectivity index (χ4v) is 3.03. The summed E-state index contributed by atoms with van der Waals surface area (Å²) in [5.74, 6) is -0.716. The van der Waals surface area contributed by atoms with Crippen molar-refractivity contribution in [3.63, 3.8) is 0 Å². The topological polar surface area (TPSA) is 147 Å². The number of aromatic amines is 1. The van der Waals surface area contributed by atoms with Crippen LogP contribution in [0.4, 0.5) is 5.95 Å². The zero-order valence-electron chi connectivity index (χ0n) is 11.9. The number of nitrogens with zero attached hydrogens (tertiary/aromatic N) is 2. The van der Waals surface area contributed by atoms with Gasteiger partial charge in [0, 0.05) is 12.1 Å². The molecule has 9 heteroatoms. The number of nitrogens with one attached hydrogen (secondary N) is 1. The third kappa shape index (κ3) is 2.02. The van der Waals surface area contributed by atoms with Crippen LogP contribution in [0.5, 0.6) is 0 Å². The number of ether oxygens (including phenoxy) is 1. The van der Waals surface area contributed by atoms with Crippen molar-refractivity contribution in [2.24, 2.45) is 5.92 Å². The molecule has 2 aromatic heterocycles. The molecule has 0 saturated carbocycles. The van der Waals surface area contributed by atoms with Gasteiger partial charge in [-0.1, -0.05) is 0 Å². The summed E-state index contributed by atoms with van der Waals surface area (Å²) in [4.78, 5) is 18.3. The summed E-state index contributed by atoms with van der Waals surface area (Å²) >= 11 is 0. The average molecular weight is 310 g/mol. The molecule has 120 valence electrons. The van der Waals surface area contributed by atoms with Crippen LogP contribution in [0.15, 0.2) is 17.1 Å². The summed E-state index contributed by atoms with van der Waals surface area (Å²) in [5, 5.41) is 29.9. The van der Waals surface area contributed by atoms with Gasteiger partial charge in [0.1, 0.15) is 5.60 Å². The second-order valence-electron chi connectivity index (χ2n) is 5.64. The lowest BCUT2D eigenvalue weighted by molar-refractivity contribution is -0.0893. The molecule has 1 saturated heterocycles. The average Bonchev–Trinajstić information content (AvgIpc) is 2.96. The molecule has 1 aliphatic heterocycles. The maximum absolute atomic E-state index is 11.9. The highest BCUT2D eigenvalue weighted by molar-refractivity contribution is 5.76. The van der Waals surface area contributed by atoms with E-state index in [2.05, 4.69) is 9.97 Å². The molecule has 22 heavy (non-hydrogen) atoms. The molecule has 3 heterocycles. The predicted octanol–water partition coefficient (Wildman–Crippen LogP) is -1.44. The maximum atomic E-state index is 11.9. The molecule has 4 atom stereocenters. The maximum Gasteiger partial charge on any atom is 0.261 e. The monoisotopic (exact) mass is 310 g/mol. The Kier molecular flexibility index (Phi) is 3.44. The molecule has 9 nitrogen and oxygen atoms in total. The zero-order chi connectivity index (χ0) is 16.1. The molecule has 0 spiro atoms. The van der Waals surface area contributed by atoms with Crippen LogP contribution < -0.4 is 11.3 Å². The van der Waals surface area contributed by atoms with Gasteiger partial charge in [-0.25, -0.2) is 0 Å². The number of nitrogens with two attached hydrogens (primary N) is 1. The van der Waals surface area contributed by atoms with Gasteiger partial charge in [0.25, 0.3) is 5.56 Å². The molecular weight excluding hydrogens is 292 g/mol. The summed E-state index contributed by atoms with van der Waals surface area (Å²) in [5.41, 5.74) is 3.98. The first-order chi connectivity index (χ1) is 10.4. The minimum absolute atomic E-state index is 0.0486. The van der Waals surface area contributed by atoms with Crippen LogP contribution in [-0.4, -0.2) is 54.8 Å². The Balaban J connectivity index is 2.13. The minimum atomic E-state index is -1.45. The summed E-state index contributed by atoms with van der Waals surface area (Å²) < 4.78 is 7.16. The number of nitrogen functional groups attached to an aromatic ring is 1. The van der Waals surface area contributed by atoms with Gasteiger partial charge in [0.05, 0.1) is 24.7 Å². The number of fused-ring (bicyclic) bond motifs is 1. The van der Waals surface area contributed by atoms with E-state index in [0.29, 0.717) is 5.39 Å². The molecule has 0 aliphatic carbocycles. The van der Waals surface area contributed by atoms with Crippen molar-refractivity contribution in [1.82, 2.24) is 14.5 Å². The van der Waals surface area contributed by atoms with Gasteiger partial charge in [0.2, 0.25) is 5.95 Å². The van der Waals surface area contributed by atoms with Crippen molar-refractivity contribution >= 4 is 17.0 Å². The van der Waals surface area contributed by atoms with Gasteiger partial charge in [-0.15, -0.1) is 0 Å². The molecule has 0 aromatic carbocycles. The van der Waals surface area contributed by atoms with E-state index >= 15 is 0 Å². The molecule has 3 rings (SSSR count). The van der Waals surface area contributed by atoms with E-state index in [1.165, 1.54) is 11.5 Å². The van der Waals surface area contributed by atoms with Crippen molar-refractivity contribution in [3.8, 4) is 0 Å². The Morgan fingerprint density at radius 2 is 2.23 bits per heavy atom. The van der Waals surface area contributed by atoms with Gasteiger partial charge in [-0.2, -0.15) is 4.98 Å². The fourth-order valence-electron chi connectivity index (χ4n) is 3.03. The molecule has 1 fully saturated rings. The molecule has 2 aromatic rings. The first kappa shape index (κ1) is 15.0. The van der Waals surface area contributed by atoms with Gasteiger partial charge in [-0.05, 0) is 13.0 Å². The number of hydrogen-bond acceptors (Lipinski definition) is 7. The van der Waals surface area contributed by atoms with E-state index in [-0.39, 0.29) is 24.8 Å². The third-order valence-corrected chi connectivity index (χ3v) is 4.23. The fraction of sp³-hybridized carbons (Fsp3) is 0.538. The number of anilines is 1. The van der Waals surface area contributed by atoms with Crippen LogP contribution in [0.25, 0.3) is 11.0 Å². The van der Waals surface area contributed by atoms with Crippen molar-refractivity contribution in [2.75, 3.05) is 18.9 Å². The molecular formula is C13H18N4O5. The van der Waals surface area contributed by atoms with E-state index in [1.54, 1.807) is 12.3 Å². The van der Waals surface area contributed by atoms with Crippen molar-refractivity contribution < 1.29 is 20.1 Å². The van der Waals surface area contributed by atoms with Crippen LogP contribution >= 0.6 is 0 Å². The first-order valence-corrected chi connectivity index (χ1v) is 6.86. The van der Waals surface area contributed by atoms with E-state index in [0.717, 1.165) is 0 Å². The van der Waals surface area contributed by atoms with Crippen LogP contribution in [0.3, 0.4) is 0 Å². The molecule has 0 amide bonds. The van der Waals surface area contributed by atoms with Crippen LogP contribution in [-0.2, 0) is 4.74 Å². The third-order valence-electron chi connectivity index (χ3n) is 4.23. The smallest absolute Gasteiger partial charge is 0.261 e. The van der Waals surface area contributed by atoms with E-state index < -0.39 is 29.4 Å². The van der Waals surface area contributed by atoms with Gasteiger partial charge >= 0.3 is 0 Å². The number of aliphatic hydroxyl groups excluding tert-OH is 2. The molecule has 2 unspecified atom stereocenters. The number of rotatable bonds is 3. The number of aliphatic hydroxyl groups is 3. The SMILES string of the molecule is CC1(O)C(CO)[C@@H](CO)O[C@H]1n1ccc2c(=O)[nH]c(N)nc21. The standard InChI is InChI=1S/C13H18N4O5/c1-13(21)7(4-18)8(5-19)22-11(13)17-3-2-6-9(17)15-12(14)16-10(6)20/h2-3,7-8,11,18-19,21H,4-5H2,1H3,(H3,14,15,16,20)/t7?,8-,11-,13?/m1/s1. The highest BCUT2D eigenvalue weighted by Crippen LogP contribution is 2.43. The lowest BCUT2D eigenvalue weighted by atomic mass is 9.87. The Morgan fingerprint density at radius 1 is 1.50 bits per heavy atom. The lowest BCUT2D eigenvalue weighted by Gasteiger charge is -2.29. The summed E-state index contributed by atoms with van der Waals surface area (Å²) in [6.07, 6.45) is -0.0746. The first-order valence-electron chi connectivity index (χ1n) is 6.86. The van der Waals surface area contributed by atoms with Crippen molar-refractivity contribution in [3.05, 3.63) is 22.6 Å². The Bertz CT molecular complexity index is 752. The van der Waals surface area contributed by atoms with Gasteiger partial charge in [0.15, 0.2) is 11.9 Å². The van der Waals surface area contributed by atoms with Gasteiger partial charge < -0.3 is 30.4 Å². The van der Waals surface area contributed by atoms with Gasteiger partial charge in [-0.3, -0.25) is 9.78 Å². The normalized spacial score (nSPS) is 31.9. The predicted molar refractivity (Wildman–Crippen MR) is 77.0 cm³/mol. The highest BCUT2D eigenvalue weighted by atomic mass is 16.5. The van der Waals surface area contributed by atoms with Crippen molar-refractivity contribution in [1.29, 1.82) is 0 Å². The second-order valence-corrected chi connectivity index (χ2v) is 5.64. The summed E-state index contributed by atoms with van der Waals surface area (Å²) in [6.45, 7) is 0.827. The number of H-pyrrole nitrogens is 1. The summed E-state index contributed by atoms with van der Waals surface area (Å²) in [7, 11) is 0. The lowest BCUT2D eigenvalue weighted by Crippen LogP contribution is -2.42. The quantitative estimate of drug-likeness (QED) is 0.466. The minimum Gasteiger partial charge on any atom is -0.396 e. The molecule has 0 bridgehead atoms. The van der Waals surface area contributed by atoms with Crippen molar-refractivity contribution in [2.45, 2.75) is 24.9 Å². The number of aromatic nitrogens is 3. The molecule has 0 radical (unpaired) electrons.